The van der Waals surface area contributed by atoms with Gasteiger partial charge in [-0.05, 0) is 48.0 Å². The maximum atomic E-state index is 12.8. The average Bonchev–Trinajstić information content (AvgIpc) is 2.77. The van der Waals surface area contributed by atoms with E-state index in [1.54, 1.807) is 37.4 Å². The van der Waals surface area contributed by atoms with Crippen molar-refractivity contribution in [1.82, 2.24) is 19.5 Å². The smallest absolute Gasteiger partial charge is 0.367 e. The summed E-state index contributed by atoms with van der Waals surface area (Å²) in [7, 11) is 1.66. The quantitative estimate of drug-likeness (QED) is 0.359. The van der Waals surface area contributed by atoms with E-state index in [-0.39, 0.29) is 17.4 Å². The topological polar surface area (TPSA) is 125 Å². The number of fused-ring (bicyclic) bond motifs is 1. The lowest BCUT2D eigenvalue weighted by atomic mass is 10.1. The Hall–Kier alpha value is -4.34. The van der Waals surface area contributed by atoms with Gasteiger partial charge in [-0.1, -0.05) is 6.07 Å². The van der Waals surface area contributed by atoms with E-state index < -0.39 is 4.92 Å². The van der Waals surface area contributed by atoms with Gasteiger partial charge in [-0.15, -0.1) is 0 Å². The minimum absolute atomic E-state index is 0.146. The molecule has 0 radical (unpaired) electrons. The molecule has 1 aromatic carbocycles. The van der Waals surface area contributed by atoms with Crippen LogP contribution in [0.1, 0.15) is 13.8 Å². The zero-order valence-electron chi connectivity index (χ0n) is 17.6. The summed E-state index contributed by atoms with van der Waals surface area (Å²) in [6.07, 6.45) is 2.84. The van der Waals surface area contributed by atoms with Crippen LogP contribution in [0.5, 0.6) is 11.5 Å². The van der Waals surface area contributed by atoms with Crippen LogP contribution in [0, 0.1) is 10.1 Å². The van der Waals surface area contributed by atoms with Gasteiger partial charge in [0.1, 0.15) is 17.7 Å². The van der Waals surface area contributed by atoms with Gasteiger partial charge >= 0.3 is 5.82 Å². The summed E-state index contributed by atoms with van der Waals surface area (Å²) >= 11 is 0. The molecule has 162 valence electrons. The fourth-order valence-corrected chi connectivity index (χ4v) is 3.13. The molecule has 32 heavy (non-hydrogen) atoms. The van der Waals surface area contributed by atoms with E-state index in [9.17, 15) is 14.9 Å². The van der Waals surface area contributed by atoms with Crippen molar-refractivity contribution < 1.29 is 9.66 Å². The van der Waals surface area contributed by atoms with Crippen molar-refractivity contribution >= 4 is 22.7 Å². The van der Waals surface area contributed by atoms with Crippen molar-refractivity contribution in [3.05, 3.63) is 75.3 Å². The first-order valence-corrected chi connectivity index (χ1v) is 9.84. The van der Waals surface area contributed by atoms with Gasteiger partial charge in [0.15, 0.2) is 0 Å². The van der Waals surface area contributed by atoms with E-state index in [2.05, 4.69) is 20.3 Å². The number of ether oxygens (including phenoxy) is 1. The fourth-order valence-electron chi connectivity index (χ4n) is 3.13. The van der Waals surface area contributed by atoms with Gasteiger partial charge in [0.25, 0.3) is 5.56 Å². The van der Waals surface area contributed by atoms with Gasteiger partial charge in [-0.2, -0.15) is 0 Å². The summed E-state index contributed by atoms with van der Waals surface area (Å²) in [5, 5.41) is 14.8. The third-order valence-corrected chi connectivity index (χ3v) is 4.66. The van der Waals surface area contributed by atoms with Crippen LogP contribution in [-0.2, 0) is 7.05 Å². The normalized spacial score (nSPS) is 11.0. The van der Waals surface area contributed by atoms with Gasteiger partial charge in [-0.25, -0.2) is 9.97 Å². The molecule has 0 saturated heterocycles. The lowest BCUT2D eigenvalue weighted by Gasteiger charge is -2.13. The Labute approximate surface area is 182 Å². The molecule has 1 N–H and O–H groups in total. The Morgan fingerprint density at radius 3 is 2.62 bits per heavy atom. The summed E-state index contributed by atoms with van der Waals surface area (Å²) in [6.45, 7) is 3.94. The van der Waals surface area contributed by atoms with E-state index in [1.165, 1.54) is 23.0 Å². The predicted molar refractivity (Wildman–Crippen MR) is 120 cm³/mol. The SMILES string of the molecule is CC(C)Nc1ncc(-c2ccc3cc(Oc4ccnc([N+](=O)[O-])c4)ccc3n2)c(=O)n1C. The molecule has 0 bridgehead atoms. The van der Waals surface area contributed by atoms with Crippen LogP contribution in [0.4, 0.5) is 11.8 Å². The lowest BCUT2D eigenvalue weighted by molar-refractivity contribution is -0.389. The molecule has 0 unspecified atom stereocenters. The average molecular weight is 432 g/mol. The van der Waals surface area contributed by atoms with Crippen LogP contribution in [0.2, 0.25) is 0 Å². The number of rotatable bonds is 6. The van der Waals surface area contributed by atoms with Gasteiger partial charge in [0.05, 0.1) is 22.8 Å². The summed E-state index contributed by atoms with van der Waals surface area (Å²) < 4.78 is 7.19. The third kappa shape index (κ3) is 4.24. The standard InChI is InChI=1S/C22H20N6O4/c1-13(2)25-22-24-12-17(21(29)27(22)3)19-6-4-14-10-15(5-7-18(14)26-19)32-16-8-9-23-20(11-16)28(30)31/h4-13H,1-3H3,(H,24,25). The summed E-state index contributed by atoms with van der Waals surface area (Å²) in [5.41, 5.74) is 1.38. The van der Waals surface area contributed by atoms with Gasteiger partial charge in [0.2, 0.25) is 5.95 Å². The Bertz CT molecular complexity index is 1380. The van der Waals surface area contributed by atoms with E-state index in [4.69, 9.17) is 4.74 Å². The highest BCUT2D eigenvalue weighted by Crippen LogP contribution is 2.27. The third-order valence-electron chi connectivity index (χ3n) is 4.66. The second kappa shape index (κ2) is 8.42. The Morgan fingerprint density at radius 1 is 1.09 bits per heavy atom. The molecule has 0 aliphatic heterocycles. The largest absolute Gasteiger partial charge is 0.457 e. The maximum absolute atomic E-state index is 12.8. The van der Waals surface area contributed by atoms with Crippen molar-refractivity contribution in [2.24, 2.45) is 7.05 Å². The monoisotopic (exact) mass is 432 g/mol. The maximum Gasteiger partial charge on any atom is 0.367 e. The Morgan fingerprint density at radius 2 is 1.88 bits per heavy atom. The first-order valence-electron chi connectivity index (χ1n) is 9.84. The second-order valence-electron chi connectivity index (χ2n) is 7.42. The lowest BCUT2D eigenvalue weighted by Crippen LogP contribution is -2.25. The molecular formula is C22H20N6O4. The minimum atomic E-state index is -0.580. The minimum Gasteiger partial charge on any atom is -0.457 e. The Balaban J connectivity index is 1.64. The summed E-state index contributed by atoms with van der Waals surface area (Å²) in [6, 6.07) is 11.8. The molecule has 4 aromatic rings. The molecule has 0 aliphatic rings. The summed E-state index contributed by atoms with van der Waals surface area (Å²) in [4.78, 5) is 35.7. The zero-order chi connectivity index (χ0) is 22.8. The molecule has 10 nitrogen and oxygen atoms in total. The van der Waals surface area contributed by atoms with E-state index in [1.807, 2.05) is 19.9 Å². The van der Waals surface area contributed by atoms with Crippen LogP contribution in [0.25, 0.3) is 22.2 Å². The number of hydrogen-bond acceptors (Lipinski definition) is 8. The molecule has 3 heterocycles. The van der Waals surface area contributed by atoms with E-state index in [0.29, 0.717) is 34.2 Å². The number of aromatic nitrogens is 4. The number of nitrogens with zero attached hydrogens (tertiary/aromatic N) is 5. The molecule has 0 saturated carbocycles. The van der Waals surface area contributed by atoms with Crippen molar-refractivity contribution in [1.29, 1.82) is 0 Å². The molecule has 0 fully saturated rings. The highest BCUT2D eigenvalue weighted by molar-refractivity contribution is 5.82. The molecule has 0 amide bonds. The van der Waals surface area contributed by atoms with Crippen LogP contribution < -0.4 is 15.6 Å². The summed E-state index contributed by atoms with van der Waals surface area (Å²) in [5.74, 6) is 1.00. The number of nitrogens with one attached hydrogen (secondary N) is 1. The first kappa shape index (κ1) is 20.9. The Kier molecular flexibility index (Phi) is 5.50. The molecule has 4 rings (SSSR count). The molecule has 3 aromatic heterocycles. The van der Waals surface area contributed by atoms with Crippen molar-refractivity contribution in [3.63, 3.8) is 0 Å². The van der Waals surface area contributed by atoms with Gasteiger partial charge < -0.3 is 20.2 Å². The van der Waals surface area contributed by atoms with Gasteiger partial charge in [0, 0.05) is 30.7 Å². The molecular weight excluding hydrogens is 412 g/mol. The van der Waals surface area contributed by atoms with E-state index >= 15 is 0 Å². The number of pyridine rings is 2. The molecule has 0 atom stereocenters. The zero-order valence-corrected chi connectivity index (χ0v) is 17.6. The highest BCUT2D eigenvalue weighted by atomic mass is 16.6. The second-order valence-corrected chi connectivity index (χ2v) is 7.42. The van der Waals surface area contributed by atoms with Crippen LogP contribution >= 0.6 is 0 Å². The molecule has 0 spiro atoms. The van der Waals surface area contributed by atoms with Crippen molar-refractivity contribution in [2.45, 2.75) is 19.9 Å². The number of hydrogen-bond donors (Lipinski definition) is 1. The first-order chi connectivity index (χ1) is 15.3. The molecule has 10 heteroatoms. The fraction of sp³-hybridized carbons (Fsp3) is 0.182. The number of nitro groups is 1. The van der Waals surface area contributed by atoms with Gasteiger partial charge in [-0.3, -0.25) is 9.36 Å². The van der Waals surface area contributed by atoms with Crippen LogP contribution in [0.15, 0.2) is 59.7 Å². The van der Waals surface area contributed by atoms with E-state index in [0.717, 1.165) is 5.39 Å². The van der Waals surface area contributed by atoms with Crippen molar-refractivity contribution in [3.8, 4) is 22.8 Å². The number of benzene rings is 1. The van der Waals surface area contributed by atoms with Crippen LogP contribution in [-0.4, -0.2) is 30.5 Å². The van der Waals surface area contributed by atoms with Crippen LogP contribution in [0.3, 0.4) is 0 Å². The van der Waals surface area contributed by atoms with Crippen molar-refractivity contribution in [2.75, 3.05) is 5.32 Å². The molecule has 0 aliphatic carbocycles. The predicted octanol–water partition coefficient (Wildman–Crippen LogP) is 3.91. The number of anilines is 1. The highest BCUT2D eigenvalue weighted by Gasteiger charge is 2.13.